The van der Waals surface area contributed by atoms with E-state index in [1.54, 1.807) is 19.2 Å². The molecule has 0 radical (unpaired) electrons. The lowest BCUT2D eigenvalue weighted by Gasteiger charge is -2.17. The summed E-state index contributed by atoms with van der Waals surface area (Å²) >= 11 is 0. The van der Waals surface area contributed by atoms with Crippen molar-refractivity contribution in [1.29, 1.82) is 0 Å². The Hall–Kier alpha value is -2.77. The largest absolute Gasteiger partial charge is 0.337 e. The fourth-order valence-electron chi connectivity index (χ4n) is 2.60. The lowest BCUT2D eigenvalue weighted by molar-refractivity contribution is -0.142. The van der Waals surface area contributed by atoms with E-state index in [1.807, 2.05) is 16.8 Å². The number of nitrogens with one attached hydrogen (secondary N) is 1. The molecule has 0 unspecified atom stereocenters. The highest BCUT2D eigenvalue weighted by Gasteiger charge is 2.28. The number of benzene rings is 1. The molecule has 1 aromatic heterocycles. The summed E-state index contributed by atoms with van der Waals surface area (Å²) in [5.41, 5.74) is 1.35. The van der Waals surface area contributed by atoms with Crippen molar-refractivity contribution in [2.24, 2.45) is 5.92 Å². The van der Waals surface area contributed by atoms with Crippen LogP contribution in [0.4, 0.5) is 5.69 Å². The van der Waals surface area contributed by atoms with Gasteiger partial charge in [0.1, 0.15) is 0 Å². The summed E-state index contributed by atoms with van der Waals surface area (Å²) < 4.78 is 1.81. The van der Waals surface area contributed by atoms with Crippen LogP contribution < -0.4 is 5.32 Å². The van der Waals surface area contributed by atoms with Gasteiger partial charge in [0.15, 0.2) is 5.82 Å². The molecule has 1 aliphatic rings. The SMILES string of the molecule is CC(C)CCN(C)C(=O)C(=O)Nc1cccc(-c2nnnn2C2CC2)c1. The van der Waals surface area contributed by atoms with E-state index in [2.05, 4.69) is 34.7 Å². The monoisotopic (exact) mass is 356 g/mol. The molecule has 0 atom stereocenters. The number of amides is 2. The van der Waals surface area contributed by atoms with E-state index >= 15 is 0 Å². The van der Waals surface area contributed by atoms with Crippen molar-refractivity contribution in [3.8, 4) is 11.4 Å². The molecule has 2 aromatic rings. The third kappa shape index (κ3) is 4.25. The molecule has 1 heterocycles. The molecule has 1 fully saturated rings. The Balaban J connectivity index is 1.67. The molecule has 138 valence electrons. The Morgan fingerprint density at radius 1 is 1.35 bits per heavy atom. The number of carbonyl (C=O) groups is 2. The second kappa shape index (κ2) is 7.63. The van der Waals surface area contributed by atoms with E-state index in [1.165, 1.54) is 4.90 Å². The number of likely N-dealkylation sites (N-methyl/N-ethyl adjacent to an activating group) is 1. The van der Waals surface area contributed by atoms with Crippen molar-refractivity contribution in [2.75, 3.05) is 18.9 Å². The van der Waals surface area contributed by atoms with E-state index < -0.39 is 11.8 Å². The Morgan fingerprint density at radius 2 is 2.12 bits per heavy atom. The van der Waals surface area contributed by atoms with Crippen molar-refractivity contribution < 1.29 is 9.59 Å². The maximum Gasteiger partial charge on any atom is 0.313 e. The van der Waals surface area contributed by atoms with E-state index in [0.717, 1.165) is 24.8 Å². The second-order valence-corrected chi connectivity index (χ2v) is 7.12. The lowest BCUT2D eigenvalue weighted by atomic mass is 10.1. The second-order valence-electron chi connectivity index (χ2n) is 7.12. The Labute approximate surface area is 152 Å². The van der Waals surface area contributed by atoms with Crippen molar-refractivity contribution in [2.45, 2.75) is 39.2 Å². The van der Waals surface area contributed by atoms with Gasteiger partial charge in [0.05, 0.1) is 6.04 Å². The Bertz CT molecular complexity index is 796. The zero-order valence-corrected chi connectivity index (χ0v) is 15.3. The minimum absolute atomic E-state index is 0.356. The molecule has 1 aromatic carbocycles. The van der Waals surface area contributed by atoms with Crippen LogP contribution >= 0.6 is 0 Å². The molecule has 8 nitrogen and oxygen atoms in total. The van der Waals surface area contributed by atoms with Gasteiger partial charge in [-0.1, -0.05) is 26.0 Å². The zero-order valence-electron chi connectivity index (χ0n) is 15.3. The highest BCUT2D eigenvalue weighted by Crippen LogP contribution is 2.36. The van der Waals surface area contributed by atoms with Crippen LogP contribution in [0.3, 0.4) is 0 Å². The number of carbonyl (C=O) groups excluding carboxylic acids is 2. The fourth-order valence-corrected chi connectivity index (χ4v) is 2.60. The van der Waals surface area contributed by atoms with Crippen molar-refractivity contribution in [3.63, 3.8) is 0 Å². The molecule has 8 heteroatoms. The first-order chi connectivity index (χ1) is 12.5. The number of aromatic nitrogens is 4. The van der Waals surface area contributed by atoms with E-state index in [9.17, 15) is 9.59 Å². The number of hydrogen-bond donors (Lipinski definition) is 1. The molecule has 0 saturated heterocycles. The molecule has 0 bridgehead atoms. The van der Waals surface area contributed by atoms with Crippen LogP contribution in [0.5, 0.6) is 0 Å². The quantitative estimate of drug-likeness (QED) is 0.800. The van der Waals surface area contributed by atoms with Gasteiger partial charge < -0.3 is 10.2 Å². The van der Waals surface area contributed by atoms with E-state index in [4.69, 9.17) is 0 Å². The summed E-state index contributed by atoms with van der Waals surface area (Å²) in [7, 11) is 1.64. The van der Waals surface area contributed by atoms with Gasteiger partial charge in [-0.25, -0.2) is 4.68 Å². The van der Waals surface area contributed by atoms with Gasteiger partial charge >= 0.3 is 11.8 Å². The highest BCUT2D eigenvalue weighted by atomic mass is 16.2. The topological polar surface area (TPSA) is 93.0 Å². The molecule has 0 aliphatic heterocycles. The molecule has 26 heavy (non-hydrogen) atoms. The van der Waals surface area contributed by atoms with Crippen LogP contribution in [0.15, 0.2) is 24.3 Å². The standard InChI is InChI=1S/C18H24N6O2/c1-12(2)9-10-23(3)18(26)17(25)19-14-6-4-5-13(11-14)16-20-21-22-24(16)15-7-8-15/h4-6,11-12,15H,7-10H2,1-3H3,(H,19,25). The summed E-state index contributed by atoms with van der Waals surface area (Å²) in [5.74, 6) is -0.0412. The van der Waals surface area contributed by atoms with Crippen LogP contribution in [-0.2, 0) is 9.59 Å². The fraction of sp³-hybridized carbons (Fsp3) is 0.500. The van der Waals surface area contributed by atoms with Crippen LogP contribution in [0.2, 0.25) is 0 Å². The third-order valence-electron chi connectivity index (χ3n) is 4.35. The van der Waals surface area contributed by atoms with Crippen LogP contribution in [0.1, 0.15) is 39.2 Å². The lowest BCUT2D eigenvalue weighted by Crippen LogP contribution is -2.37. The summed E-state index contributed by atoms with van der Waals surface area (Å²) in [6.45, 7) is 4.72. The van der Waals surface area contributed by atoms with Gasteiger partial charge in [0, 0.05) is 24.8 Å². The maximum atomic E-state index is 12.2. The molecule has 1 aliphatic carbocycles. The zero-order chi connectivity index (χ0) is 18.7. The Morgan fingerprint density at radius 3 is 2.81 bits per heavy atom. The van der Waals surface area contributed by atoms with Gasteiger partial charge in [0.2, 0.25) is 0 Å². The van der Waals surface area contributed by atoms with Crippen LogP contribution in [-0.4, -0.2) is 50.5 Å². The first kappa shape index (κ1) is 18.0. The van der Waals surface area contributed by atoms with Crippen molar-refractivity contribution in [3.05, 3.63) is 24.3 Å². The van der Waals surface area contributed by atoms with E-state index in [0.29, 0.717) is 30.0 Å². The van der Waals surface area contributed by atoms with E-state index in [-0.39, 0.29) is 0 Å². The molecule has 1 saturated carbocycles. The van der Waals surface area contributed by atoms with Crippen LogP contribution in [0.25, 0.3) is 11.4 Å². The van der Waals surface area contributed by atoms with Gasteiger partial charge in [-0.2, -0.15) is 0 Å². The summed E-state index contributed by atoms with van der Waals surface area (Å²) in [4.78, 5) is 25.9. The smallest absolute Gasteiger partial charge is 0.313 e. The minimum atomic E-state index is -0.643. The van der Waals surface area contributed by atoms with Gasteiger partial charge in [0.25, 0.3) is 0 Å². The first-order valence-electron chi connectivity index (χ1n) is 8.90. The third-order valence-corrected chi connectivity index (χ3v) is 4.35. The molecule has 3 rings (SSSR count). The highest BCUT2D eigenvalue weighted by molar-refractivity contribution is 6.39. The van der Waals surface area contributed by atoms with Crippen LogP contribution in [0, 0.1) is 5.92 Å². The molecule has 2 amide bonds. The van der Waals surface area contributed by atoms with Gasteiger partial charge in [-0.15, -0.1) is 5.10 Å². The molecular weight excluding hydrogens is 332 g/mol. The van der Waals surface area contributed by atoms with Gasteiger partial charge in [-0.3, -0.25) is 9.59 Å². The predicted octanol–water partition coefficient (Wildman–Crippen LogP) is 2.12. The maximum absolute atomic E-state index is 12.2. The summed E-state index contributed by atoms with van der Waals surface area (Å²) in [6, 6.07) is 7.58. The minimum Gasteiger partial charge on any atom is -0.337 e. The number of nitrogens with zero attached hydrogens (tertiary/aromatic N) is 5. The number of tetrazole rings is 1. The predicted molar refractivity (Wildman–Crippen MR) is 97.2 cm³/mol. The van der Waals surface area contributed by atoms with Crippen molar-refractivity contribution in [1.82, 2.24) is 25.1 Å². The first-order valence-corrected chi connectivity index (χ1v) is 8.90. The number of hydrogen-bond acceptors (Lipinski definition) is 5. The van der Waals surface area contributed by atoms with Crippen molar-refractivity contribution >= 4 is 17.5 Å². The normalized spacial score (nSPS) is 13.7. The summed E-state index contributed by atoms with van der Waals surface area (Å²) in [5, 5.41) is 14.5. The summed E-state index contributed by atoms with van der Waals surface area (Å²) in [6.07, 6.45) is 3.01. The molecule has 1 N–H and O–H groups in total. The number of rotatable bonds is 6. The Kier molecular flexibility index (Phi) is 5.29. The molecular formula is C18H24N6O2. The average Bonchev–Trinajstić information content (AvgIpc) is 3.35. The number of anilines is 1. The van der Waals surface area contributed by atoms with Gasteiger partial charge in [-0.05, 0) is 47.7 Å². The molecule has 0 spiro atoms. The average molecular weight is 356 g/mol.